The molecule has 0 saturated carbocycles. The summed E-state index contributed by atoms with van der Waals surface area (Å²) in [4.78, 5) is 27.1. The first-order chi connectivity index (χ1) is 23.3. The van der Waals surface area contributed by atoms with Gasteiger partial charge < -0.3 is 9.47 Å². The zero-order valence-electron chi connectivity index (χ0n) is 25.3. The van der Waals surface area contributed by atoms with Crippen molar-refractivity contribution >= 4 is 11.9 Å². The zero-order valence-corrected chi connectivity index (χ0v) is 25.3. The maximum Gasteiger partial charge on any atom is 0.343 e. The van der Waals surface area contributed by atoms with Crippen molar-refractivity contribution in [1.82, 2.24) is 0 Å². The molecule has 0 amide bonds. The molecule has 3 aliphatic rings. The highest BCUT2D eigenvalue weighted by atomic mass is 19.1. The fourth-order valence-electron chi connectivity index (χ4n) is 7.33. The van der Waals surface area contributed by atoms with Gasteiger partial charge in [-0.05, 0) is 107 Å². The van der Waals surface area contributed by atoms with Crippen molar-refractivity contribution in [1.29, 1.82) is 0 Å². The maximum atomic E-state index is 14.1. The van der Waals surface area contributed by atoms with Crippen LogP contribution in [0, 0.1) is 17.5 Å². The van der Waals surface area contributed by atoms with Crippen LogP contribution in [0.25, 0.3) is 0 Å². The second-order valence-corrected chi connectivity index (χ2v) is 12.0. The number of halogens is 3. The zero-order chi connectivity index (χ0) is 33.0. The van der Waals surface area contributed by atoms with Crippen molar-refractivity contribution in [2.24, 2.45) is 0 Å². The maximum absolute atomic E-state index is 14.1. The van der Waals surface area contributed by atoms with Crippen LogP contribution in [0.5, 0.6) is 11.5 Å². The summed E-state index contributed by atoms with van der Waals surface area (Å²) >= 11 is 0. The minimum absolute atomic E-state index is 0.159. The van der Waals surface area contributed by atoms with E-state index in [1.54, 1.807) is 24.3 Å². The molecule has 3 aliphatic carbocycles. The lowest BCUT2D eigenvalue weighted by molar-refractivity contribution is 0.0714. The van der Waals surface area contributed by atoms with Crippen LogP contribution in [0.3, 0.4) is 0 Å². The fourth-order valence-corrected chi connectivity index (χ4v) is 7.33. The standard InChI is InChI=1S/C41H25F3O4/c42-27-15-9-24(10-16-27)23-41-32-7-3-1-5-30(32)36(31-6-2-4-8-33(31)41)37-34(47-39(45)25-11-17-28(43)18-12-25)21-22-35(38(37)41)48-40(46)26-13-19-29(44)20-14-26/h1-22,36H,23H2. The van der Waals surface area contributed by atoms with Gasteiger partial charge in [0.15, 0.2) is 0 Å². The second-order valence-electron chi connectivity index (χ2n) is 12.0. The number of carbonyl (C=O) groups excluding carboxylic acids is 2. The molecule has 6 aromatic rings. The number of hydrogen-bond donors (Lipinski definition) is 0. The van der Waals surface area contributed by atoms with E-state index in [-0.39, 0.29) is 28.4 Å². The van der Waals surface area contributed by atoms with Gasteiger partial charge in [0.05, 0.1) is 16.5 Å². The minimum atomic E-state index is -0.966. The lowest BCUT2D eigenvalue weighted by Crippen LogP contribution is -2.44. The smallest absolute Gasteiger partial charge is 0.343 e. The van der Waals surface area contributed by atoms with E-state index in [2.05, 4.69) is 0 Å². The molecule has 2 bridgehead atoms. The molecule has 0 saturated heterocycles. The summed E-state index contributed by atoms with van der Waals surface area (Å²) < 4.78 is 53.8. The molecule has 9 rings (SSSR count). The number of hydrogen-bond acceptors (Lipinski definition) is 4. The number of rotatable bonds is 6. The Morgan fingerprint density at radius 1 is 0.542 bits per heavy atom. The van der Waals surface area contributed by atoms with Crippen molar-refractivity contribution in [2.45, 2.75) is 17.8 Å². The van der Waals surface area contributed by atoms with E-state index < -0.39 is 34.9 Å². The predicted octanol–water partition coefficient (Wildman–Crippen LogP) is 8.93. The van der Waals surface area contributed by atoms with Crippen LogP contribution in [0.15, 0.2) is 133 Å². The van der Waals surface area contributed by atoms with Gasteiger partial charge in [-0.25, -0.2) is 22.8 Å². The topological polar surface area (TPSA) is 52.6 Å². The third-order valence-corrected chi connectivity index (χ3v) is 9.29. The largest absolute Gasteiger partial charge is 0.423 e. The van der Waals surface area contributed by atoms with E-state index in [4.69, 9.17) is 9.47 Å². The van der Waals surface area contributed by atoms with E-state index in [1.165, 1.54) is 60.7 Å². The van der Waals surface area contributed by atoms with Crippen LogP contribution < -0.4 is 9.47 Å². The van der Waals surface area contributed by atoms with E-state index in [9.17, 15) is 22.8 Å². The minimum Gasteiger partial charge on any atom is -0.423 e. The van der Waals surface area contributed by atoms with Crippen LogP contribution in [0.2, 0.25) is 0 Å². The summed E-state index contributed by atoms with van der Waals surface area (Å²) in [6.07, 6.45) is 0.359. The molecule has 0 aliphatic heterocycles. The second kappa shape index (κ2) is 11.4. The average molecular weight is 639 g/mol. The molecule has 0 N–H and O–H groups in total. The summed E-state index contributed by atoms with van der Waals surface area (Å²) in [6.45, 7) is 0. The van der Waals surface area contributed by atoms with Gasteiger partial charge >= 0.3 is 11.9 Å². The van der Waals surface area contributed by atoms with Crippen molar-refractivity contribution in [3.8, 4) is 11.5 Å². The highest BCUT2D eigenvalue weighted by molar-refractivity contribution is 5.93. The highest BCUT2D eigenvalue weighted by Crippen LogP contribution is 2.64. The molecule has 234 valence electrons. The predicted molar refractivity (Wildman–Crippen MR) is 173 cm³/mol. The third kappa shape index (κ3) is 4.70. The molecule has 4 nitrogen and oxygen atoms in total. The van der Waals surface area contributed by atoms with E-state index >= 15 is 0 Å². The fraction of sp³-hybridized carbons (Fsp3) is 0.0732. The first kappa shape index (κ1) is 29.5. The summed E-state index contributed by atoms with van der Waals surface area (Å²) in [5.74, 6) is -2.59. The molecule has 0 heterocycles. The number of carbonyl (C=O) groups is 2. The van der Waals surface area contributed by atoms with Gasteiger partial charge in [-0.2, -0.15) is 0 Å². The number of esters is 2. The Labute approximate surface area is 274 Å². The van der Waals surface area contributed by atoms with Gasteiger partial charge in [0.2, 0.25) is 0 Å². The summed E-state index contributed by atoms with van der Waals surface area (Å²) in [5, 5.41) is 0. The Bertz CT molecular complexity index is 2180. The normalized spacial score (nSPS) is 16.8. The summed E-state index contributed by atoms with van der Waals surface area (Å²) in [6, 6.07) is 35.7. The van der Waals surface area contributed by atoms with Crippen molar-refractivity contribution in [3.63, 3.8) is 0 Å². The molecule has 48 heavy (non-hydrogen) atoms. The first-order valence-electron chi connectivity index (χ1n) is 15.4. The SMILES string of the molecule is O=C(Oc1ccc(OC(=O)c2ccc(F)cc2)c2c1C1c3ccccc3C2(Cc2ccc(F)cc2)c2ccccc21)c1ccc(F)cc1. The molecule has 0 atom stereocenters. The quantitative estimate of drug-likeness (QED) is 0.135. The lowest BCUT2D eigenvalue weighted by atomic mass is 9.51. The molecule has 0 radical (unpaired) electrons. The first-order valence-corrected chi connectivity index (χ1v) is 15.4. The average Bonchev–Trinajstić information content (AvgIpc) is 3.11. The molecule has 0 fully saturated rings. The number of ether oxygens (including phenoxy) is 2. The van der Waals surface area contributed by atoms with Crippen LogP contribution in [0.1, 0.15) is 65.6 Å². The van der Waals surface area contributed by atoms with Crippen molar-refractivity contribution < 1.29 is 32.2 Å². The molecule has 0 spiro atoms. The third-order valence-electron chi connectivity index (χ3n) is 9.29. The molecule has 7 heteroatoms. The van der Waals surface area contributed by atoms with Gasteiger partial charge in [0.25, 0.3) is 0 Å². The van der Waals surface area contributed by atoms with E-state index in [0.717, 1.165) is 27.8 Å². The summed E-state index contributed by atoms with van der Waals surface area (Å²) in [5.41, 5.74) is 5.41. The molecular formula is C41H25F3O4. The van der Waals surface area contributed by atoms with Gasteiger partial charge in [-0.3, -0.25) is 0 Å². The van der Waals surface area contributed by atoms with Crippen molar-refractivity contribution in [2.75, 3.05) is 0 Å². The Morgan fingerprint density at radius 3 is 1.50 bits per heavy atom. The molecule has 6 aromatic carbocycles. The summed E-state index contributed by atoms with van der Waals surface area (Å²) in [7, 11) is 0. The molecule has 0 aromatic heterocycles. The Kier molecular flexibility index (Phi) is 6.99. The van der Waals surface area contributed by atoms with Gasteiger partial charge in [-0.1, -0.05) is 60.7 Å². The number of benzene rings is 6. The molecule has 0 unspecified atom stereocenters. The highest BCUT2D eigenvalue weighted by Gasteiger charge is 2.54. The van der Waals surface area contributed by atoms with Crippen LogP contribution in [-0.2, 0) is 11.8 Å². The Balaban J connectivity index is 1.39. The van der Waals surface area contributed by atoms with Gasteiger partial charge in [-0.15, -0.1) is 0 Å². The van der Waals surface area contributed by atoms with E-state index in [0.29, 0.717) is 17.5 Å². The van der Waals surface area contributed by atoms with Gasteiger partial charge in [0.1, 0.15) is 29.0 Å². The van der Waals surface area contributed by atoms with Crippen molar-refractivity contribution in [3.05, 3.63) is 201 Å². The van der Waals surface area contributed by atoms with Crippen LogP contribution in [0.4, 0.5) is 13.2 Å². The monoisotopic (exact) mass is 638 g/mol. The van der Waals surface area contributed by atoms with Crippen LogP contribution >= 0.6 is 0 Å². The lowest BCUT2D eigenvalue weighted by Gasteiger charge is -2.51. The Hall–Kier alpha value is -5.95. The Morgan fingerprint density at radius 2 is 0.979 bits per heavy atom. The van der Waals surface area contributed by atoms with Crippen LogP contribution in [-0.4, -0.2) is 11.9 Å². The van der Waals surface area contributed by atoms with Gasteiger partial charge in [0, 0.05) is 17.0 Å². The molecular weight excluding hydrogens is 613 g/mol. The van der Waals surface area contributed by atoms with E-state index in [1.807, 2.05) is 48.5 Å².